The highest BCUT2D eigenvalue weighted by atomic mass is 127. The van der Waals surface area contributed by atoms with Gasteiger partial charge in [-0.1, -0.05) is 67.6 Å². The molecule has 7 heteroatoms. The van der Waals surface area contributed by atoms with Crippen molar-refractivity contribution in [3.05, 3.63) is 78.3 Å². The Morgan fingerprint density at radius 3 is 2.47 bits per heavy atom. The predicted octanol–water partition coefficient (Wildman–Crippen LogP) is 4.48. The van der Waals surface area contributed by atoms with Crippen molar-refractivity contribution < 1.29 is 9.15 Å². The molecule has 1 unspecified atom stereocenters. The highest BCUT2D eigenvalue weighted by Crippen LogP contribution is 2.19. The van der Waals surface area contributed by atoms with Crippen LogP contribution >= 0.6 is 24.0 Å². The number of ether oxygens (including phenoxy) is 1. The normalized spacial score (nSPS) is 12.1. The summed E-state index contributed by atoms with van der Waals surface area (Å²) in [5.41, 5.74) is 2.20. The minimum Gasteiger partial charge on any atom is -0.439 e. The van der Waals surface area contributed by atoms with Gasteiger partial charge in [-0.05, 0) is 11.5 Å². The van der Waals surface area contributed by atoms with Crippen LogP contribution in [-0.4, -0.2) is 31.1 Å². The van der Waals surface area contributed by atoms with Gasteiger partial charge in [-0.15, -0.1) is 24.0 Å². The molecule has 0 aliphatic heterocycles. The molecule has 3 rings (SSSR count). The number of benzene rings is 2. The molecule has 0 saturated heterocycles. The van der Waals surface area contributed by atoms with Crippen LogP contribution in [-0.2, 0) is 17.9 Å². The van der Waals surface area contributed by atoms with E-state index in [9.17, 15) is 0 Å². The summed E-state index contributed by atoms with van der Waals surface area (Å²) in [5, 5.41) is 6.55. The van der Waals surface area contributed by atoms with Crippen molar-refractivity contribution in [3.63, 3.8) is 0 Å². The maximum absolute atomic E-state index is 5.81. The van der Waals surface area contributed by atoms with Gasteiger partial charge < -0.3 is 19.8 Å². The number of nitrogens with one attached hydrogen (secondary N) is 2. The molecule has 0 aliphatic rings. The quantitative estimate of drug-likeness (QED) is 0.248. The van der Waals surface area contributed by atoms with E-state index < -0.39 is 0 Å². The Bertz CT molecular complexity index is 884. The third-order valence-electron chi connectivity index (χ3n) is 4.37. The Morgan fingerprint density at radius 1 is 1.07 bits per heavy atom. The van der Waals surface area contributed by atoms with E-state index in [1.165, 1.54) is 5.56 Å². The average molecular weight is 520 g/mol. The highest BCUT2D eigenvalue weighted by Gasteiger charge is 2.08. The van der Waals surface area contributed by atoms with Crippen molar-refractivity contribution in [2.45, 2.75) is 20.1 Å². The molecule has 0 bridgehead atoms. The van der Waals surface area contributed by atoms with Crippen LogP contribution in [0.3, 0.4) is 0 Å². The fourth-order valence-electron chi connectivity index (χ4n) is 2.79. The molecule has 30 heavy (non-hydrogen) atoms. The summed E-state index contributed by atoms with van der Waals surface area (Å²) in [6.45, 7) is 4.68. The number of guanidine groups is 1. The molecule has 0 radical (unpaired) electrons. The van der Waals surface area contributed by atoms with Crippen LogP contribution in [0.4, 0.5) is 0 Å². The molecule has 160 valence electrons. The van der Waals surface area contributed by atoms with Crippen LogP contribution in [0.1, 0.15) is 18.4 Å². The summed E-state index contributed by atoms with van der Waals surface area (Å²) in [6, 6.07) is 20.1. The second-order valence-corrected chi connectivity index (χ2v) is 6.90. The van der Waals surface area contributed by atoms with Crippen molar-refractivity contribution in [2.75, 3.05) is 20.2 Å². The number of hydrogen-bond donors (Lipinski definition) is 2. The molecule has 0 saturated carbocycles. The average Bonchev–Trinajstić information content (AvgIpc) is 3.24. The smallest absolute Gasteiger partial charge is 0.214 e. The maximum atomic E-state index is 5.81. The zero-order valence-electron chi connectivity index (χ0n) is 17.4. The van der Waals surface area contributed by atoms with Gasteiger partial charge in [0.25, 0.3) is 0 Å². The lowest BCUT2D eigenvalue weighted by atomic mass is 10.2. The summed E-state index contributed by atoms with van der Waals surface area (Å²) >= 11 is 0. The third-order valence-corrected chi connectivity index (χ3v) is 4.37. The number of aliphatic imine (C=N–C) groups is 1. The number of halogens is 1. The van der Waals surface area contributed by atoms with Crippen molar-refractivity contribution in [1.82, 2.24) is 15.6 Å². The summed E-state index contributed by atoms with van der Waals surface area (Å²) in [6.07, 6.45) is 1.74. The minimum absolute atomic E-state index is 0. The van der Waals surface area contributed by atoms with Gasteiger partial charge in [-0.25, -0.2) is 4.98 Å². The van der Waals surface area contributed by atoms with E-state index in [4.69, 9.17) is 9.15 Å². The SMILES string of the molecule is CN=C(NCc1ncc(-c2ccccc2)o1)NCC(C)COCc1ccccc1.I. The standard InChI is InChI=1S/C23H28N4O2.HI/c1-18(16-28-17-19-9-5-3-6-10-19)13-26-23(24-2)27-15-22-25-14-21(29-22)20-11-7-4-8-12-20;/h3-12,14,18H,13,15-17H2,1-2H3,(H2,24,26,27);1H. The van der Waals surface area contributed by atoms with Gasteiger partial charge in [0.15, 0.2) is 11.7 Å². The van der Waals surface area contributed by atoms with Crippen LogP contribution in [0.15, 0.2) is 76.3 Å². The topological polar surface area (TPSA) is 71.7 Å². The lowest BCUT2D eigenvalue weighted by Gasteiger charge is -2.15. The Morgan fingerprint density at radius 2 is 1.77 bits per heavy atom. The molecule has 1 atom stereocenters. The number of hydrogen-bond acceptors (Lipinski definition) is 4. The van der Waals surface area contributed by atoms with Crippen molar-refractivity contribution in [3.8, 4) is 11.3 Å². The minimum atomic E-state index is 0. The fourth-order valence-corrected chi connectivity index (χ4v) is 2.79. The van der Waals surface area contributed by atoms with Gasteiger partial charge in [-0.3, -0.25) is 4.99 Å². The second-order valence-electron chi connectivity index (χ2n) is 6.90. The monoisotopic (exact) mass is 520 g/mol. The third kappa shape index (κ3) is 7.79. The molecular formula is C23H29IN4O2. The van der Waals surface area contributed by atoms with Gasteiger partial charge in [0.05, 0.1) is 26.0 Å². The molecular weight excluding hydrogens is 491 g/mol. The van der Waals surface area contributed by atoms with Gasteiger partial charge >= 0.3 is 0 Å². The molecule has 0 fully saturated rings. The van der Waals surface area contributed by atoms with Gasteiger partial charge in [0.2, 0.25) is 5.89 Å². The Labute approximate surface area is 195 Å². The van der Waals surface area contributed by atoms with Crippen molar-refractivity contribution >= 4 is 29.9 Å². The lowest BCUT2D eigenvalue weighted by molar-refractivity contribution is 0.0931. The Hall–Kier alpha value is -2.39. The lowest BCUT2D eigenvalue weighted by Crippen LogP contribution is -2.39. The van der Waals surface area contributed by atoms with E-state index in [0.717, 1.165) is 17.9 Å². The van der Waals surface area contributed by atoms with Crippen LogP contribution in [0.2, 0.25) is 0 Å². The van der Waals surface area contributed by atoms with E-state index in [1.54, 1.807) is 13.2 Å². The summed E-state index contributed by atoms with van der Waals surface area (Å²) in [7, 11) is 1.75. The molecule has 1 heterocycles. The number of aromatic nitrogens is 1. The summed E-state index contributed by atoms with van der Waals surface area (Å²) in [4.78, 5) is 8.58. The molecule has 2 aromatic carbocycles. The zero-order chi connectivity index (χ0) is 20.3. The summed E-state index contributed by atoms with van der Waals surface area (Å²) < 4.78 is 11.6. The first-order valence-electron chi connectivity index (χ1n) is 9.81. The maximum Gasteiger partial charge on any atom is 0.214 e. The van der Waals surface area contributed by atoms with Gasteiger partial charge in [-0.2, -0.15) is 0 Å². The van der Waals surface area contributed by atoms with Crippen LogP contribution in [0, 0.1) is 5.92 Å². The number of rotatable bonds is 9. The first-order valence-corrected chi connectivity index (χ1v) is 9.81. The van der Waals surface area contributed by atoms with Crippen LogP contribution < -0.4 is 10.6 Å². The van der Waals surface area contributed by atoms with Gasteiger partial charge in [0.1, 0.15) is 0 Å². The molecule has 0 aliphatic carbocycles. The Kier molecular flexibility index (Phi) is 10.4. The Balaban J connectivity index is 0.00000320. The fraction of sp³-hybridized carbons (Fsp3) is 0.304. The predicted molar refractivity (Wildman–Crippen MR) is 131 cm³/mol. The van der Waals surface area contributed by atoms with Gasteiger partial charge in [0, 0.05) is 19.2 Å². The number of nitrogens with zero attached hydrogens (tertiary/aromatic N) is 2. The first kappa shape index (κ1) is 23.9. The molecule has 6 nitrogen and oxygen atoms in total. The largest absolute Gasteiger partial charge is 0.439 e. The first-order chi connectivity index (χ1) is 14.2. The van der Waals surface area contributed by atoms with Crippen molar-refractivity contribution in [1.29, 1.82) is 0 Å². The number of oxazole rings is 1. The summed E-state index contributed by atoms with van der Waals surface area (Å²) in [5.74, 6) is 2.43. The molecule has 3 aromatic rings. The van der Waals surface area contributed by atoms with E-state index in [2.05, 4.69) is 39.7 Å². The van der Waals surface area contributed by atoms with E-state index in [0.29, 0.717) is 37.5 Å². The second kappa shape index (κ2) is 13.0. The van der Waals surface area contributed by atoms with Crippen molar-refractivity contribution in [2.24, 2.45) is 10.9 Å². The van der Waals surface area contributed by atoms with E-state index in [1.807, 2.05) is 48.5 Å². The van der Waals surface area contributed by atoms with Crippen LogP contribution in [0.25, 0.3) is 11.3 Å². The molecule has 2 N–H and O–H groups in total. The van der Waals surface area contributed by atoms with Crippen LogP contribution in [0.5, 0.6) is 0 Å². The molecule has 0 amide bonds. The molecule has 0 spiro atoms. The van der Waals surface area contributed by atoms with E-state index >= 15 is 0 Å². The molecule has 1 aromatic heterocycles. The highest BCUT2D eigenvalue weighted by molar-refractivity contribution is 14.0. The van der Waals surface area contributed by atoms with E-state index in [-0.39, 0.29) is 24.0 Å². The zero-order valence-corrected chi connectivity index (χ0v) is 19.7.